The summed E-state index contributed by atoms with van der Waals surface area (Å²) in [5, 5.41) is 106. The fourth-order valence-electron chi connectivity index (χ4n) is 7.52. The quantitative estimate of drug-likeness (QED) is 0.0797. The van der Waals surface area contributed by atoms with Gasteiger partial charge in [0.1, 0.15) is 97.7 Å². The first-order valence-corrected chi connectivity index (χ1v) is 17.0. The molecular formula is C30H50O19. The number of hydrogen-bond acceptors (Lipinski definition) is 19. The maximum atomic E-state index is 11.4. The Morgan fingerprint density at radius 1 is 0.612 bits per heavy atom. The van der Waals surface area contributed by atoms with E-state index in [1.807, 2.05) is 6.92 Å². The van der Waals surface area contributed by atoms with Gasteiger partial charge in [-0.05, 0) is 6.42 Å². The highest BCUT2D eigenvalue weighted by molar-refractivity contribution is 5.03. The van der Waals surface area contributed by atoms with Crippen molar-refractivity contribution in [3.8, 4) is 0 Å². The van der Waals surface area contributed by atoms with Crippen LogP contribution in [0.15, 0.2) is 0 Å². The maximum absolute atomic E-state index is 11.4. The summed E-state index contributed by atoms with van der Waals surface area (Å²) in [5.41, 5.74) is 0. The van der Waals surface area contributed by atoms with Crippen molar-refractivity contribution < 1.29 is 93.7 Å². The van der Waals surface area contributed by atoms with Crippen LogP contribution >= 0.6 is 0 Å². The van der Waals surface area contributed by atoms with Gasteiger partial charge in [-0.25, -0.2) is 0 Å². The zero-order chi connectivity index (χ0) is 35.2. The molecule has 0 spiro atoms. The molecule has 10 N–H and O–H groups in total. The lowest BCUT2D eigenvalue weighted by Gasteiger charge is -2.51. The zero-order valence-corrected chi connectivity index (χ0v) is 27.0. The van der Waals surface area contributed by atoms with Gasteiger partial charge in [0.25, 0.3) is 0 Å². The van der Waals surface area contributed by atoms with Gasteiger partial charge in [-0.2, -0.15) is 0 Å². The number of unbranched alkanes of at least 4 members (excludes halogenated alkanes) is 3. The van der Waals surface area contributed by atoms with Gasteiger partial charge in [-0.3, -0.25) is 0 Å². The third kappa shape index (κ3) is 7.16. The number of hydrogen-bond donors (Lipinski definition) is 10. The van der Waals surface area contributed by atoms with Crippen molar-refractivity contribution in [1.82, 2.24) is 0 Å². The Morgan fingerprint density at radius 3 is 1.92 bits per heavy atom. The summed E-state index contributed by atoms with van der Waals surface area (Å²) in [4.78, 5) is 0. The molecule has 19 nitrogen and oxygen atoms in total. The molecular weight excluding hydrogens is 664 g/mol. The summed E-state index contributed by atoms with van der Waals surface area (Å²) in [6.45, 7) is 0.509. The highest BCUT2D eigenvalue weighted by Crippen LogP contribution is 2.42. The van der Waals surface area contributed by atoms with Crippen LogP contribution in [0.2, 0.25) is 0 Å². The summed E-state index contributed by atoms with van der Waals surface area (Å²) in [6.07, 6.45) is -23.1. The molecule has 6 aliphatic rings. The maximum Gasteiger partial charge on any atom is 0.198 e. The lowest BCUT2D eigenvalue weighted by atomic mass is 9.88. The molecule has 20 unspecified atom stereocenters. The van der Waals surface area contributed by atoms with Crippen LogP contribution in [0.3, 0.4) is 0 Å². The smallest absolute Gasteiger partial charge is 0.198 e. The minimum Gasteiger partial charge on any atom is -0.394 e. The van der Waals surface area contributed by atoms with Gasteiger partial charge in [-0.1, -0.05) is 26.2 Å². The number of rotatable bonds is 13. The van der Waals surface area contributed by atoms with E-state index in [4.69, 9.17) is 42.6 Å². The summed E-state index contributed by atoms with van der Waals surface area (Å²) >= 11 is 0. The Kier molecular flexibility index (Phi) is 12.2. The summed E-state index contributed by atoms with van der Waals surface area (Å²) < 4.78 is 52.3. The van der Waals surface area contributed by atoms with Gasteiger partial charge >= 0.3 is 0 Å². The van der Waals surface area contributed by atoms with Gasteiger partial charge in [0, 0.05) is 6.42 Å². The molecule has 0 amide bonds. The van der Waals surface area contributed by atoms with Crippen LogP contribution in [0.1, 0.15) is 39.0 Å². The fraction of sp³-hybridized carbons (Fsp3) is 1.00. The molecule has 49 heavy (non-hydrogen) atoms. The van der Waals surface area contributed by atoms with E-state index >= 15 is 0 Å². The SMILES string of the molecule is CCCCCCC1(OC2C3COC2C(O)C(OC2C(O)C(CO)OC(OC4C5COC4C(O)C(O)O5)C2O)O3)OC(CO)C(O)C(O)C1O. The Hall–Kier alpha value is -0.760. The second-order valence-electron chi connectivity index (χ2n) is 13.6. The van der Waals surface area contributed by atoms with Crippen LogP contribution in [0.25, 0.3) is 0 Å². The Balaban J connectivity index is 1.16. The monoisotopic (exact) mass is 714 g/mol. The van der Waals surface area contributed by atoms with E-state index in [0.717, 1.165) is 19.3 Å². The molecule has 6 heterocycles. The summed E-state index contributed by atoms with van der Waals surface area (Å²) in [5.74, 6) is -1.91. The van der Waals surface area contributed by atoms with E-state index in [0.29, 0.717) is 6.42 Å². The first kappa shape index (κ1) is 38.0. The molecule has 20 atom stereocenters. The minimum atomic E-state index is -1.91. The second-order valence-corrected chi connectivity index (χ2v) is 13.6. The topological polar surface area (TPSA) is 285 Å². The van der Waals surface area contributed by atoms with Crippen LogP contribution in [-0.4, -0.2) is 200 Å². The number of ether oxygens (including phenoxy) is 9. The molecule has 6 fully saturated rings. The van der Waals surface area contributed by atoms with Crippen LogP contribution in [0, 0.1) is 0 Å². The molecule has 0 aliphatic carbocycles. The molecule has 19 heteroatoms. The lowest BCUT2D eigenvalue weighted by Crippen LogP contribution is -2.69. The van der Waals surface area contributed by atoms with Crippen LogP contribution in [-0.2, 0) is 42.6 Å². The van der Waals surface area contributed by atoms with E-state index in [9.17, 15) is 51.1 Å². The Morgan fingerprint density at radius 2 is 1.24 bits per heavy atom. The molecule has 0 saturated carbocycles. The largest absolute Gasteiger partial charge is 0.394 e. The molecule has 6 rings (SSSR count). The Bertz CT molecular complexity index is 1070. The van der Waals surface area contributed by atoms with Crippen molar-refractivity contribution in [2.24, 2.45) is 0 Å². The molecule has 4 bridgehead atoms. The molecule has 6 aliphatic heterocycles. The number of fused-ring (bicyclic) bond motifs is 4. The third-order valence-corrected chi connectivity index (χ3v) is 10.3. The first-order valence-electron chi connectivity index (χ1n) is 17.0. The van der Waals surface area contributed by atoms with Crippen molar-refractivity contribution in [3.63, 3.8) is 0 Å². The summed E-state index contributed by atoms with van der Waals surface area (Å²) in [6, 6.07) is 0. The van der Waals surface area contributed by atoms with Gasteiger partial charge in [0.05, 0.1) is 26.4 Å². The van der Waals surface area contributed by atoms with Crippen molar-refractivity contribution in [1.29, 1.82) is 0 Å². The predicted molar refractivity (Wildman–Crippen MR) is 155 cm³/mol. The van der Waals surface area contributed by atoms with Gasteiger partial charge in [0.15, 0.2) is 24.7 Å². The van der Waals surface area contributed by atoms with Gasteiger partial charge in [-0.15, -0.1) is 0 Å². The minimum absolute atomic E-state index is 0.0192. The van der Waals surface area contributed by atoms with Crippen LogP contribution < -0.4 is 0 Å². The highest BCUT2D eigenvalue weighted by atomic mass is 16.8. The molecule has 0 aromatic rings. The van der Waals surface area contributed by atoms with E-state index in [2.05, 4.69) is 0 Å². The molecule has 0 aromatic heterocycles. The van der Waals surface area contributed by atoms with E-state index < -0.39 is 136 Å². The lowest BCUT2D eigenvalue weighted by molar-refractivity contribution is -0.400. The standard InChI is InChI=1S/C30H50O19/c1-2-3-4-5-6-30(26(39)17(35)15(33)12(8-32)48-30)49-22-14-10-42-25(22)20(38)29(45-14)47-23-16(34)11(7-31)44-28(19(23)37)46-21-13-9-41-24(21)18(36)27(40)43-13/h11-29,31-40H,2-10H2,1H3. The van der Waals surface area contributed by atoms with Crippen molar-refractivity contribution >= 4 is 0 Å². The second kappa shape index (κ2) is 15.7. The van der Waals surface area contributed by atoms with Crippen LogP contribution in [0.5, 0.6) is 0 Å². The summed E-state index contributed by atoms with van der Waals surface area (Å²) in [7, 11) is 0. The zero-order valence-electron chi connectivity index (χ0n) is 27.0. The average molecular weight is 715 g/mol. The fourth-order valence-corrected chi connectivity index (χ4v) is 7.52. The van der Waals surface area contributed by atoms with E-state index in [-0.39, 0.29) is 19.6 Å². The number of aliphatic hydroxyl groups is 10. The molecule has 284 valence electrons. The van der Waals surface area contributed by atoms with Crippen molar-refractivity contribution in [3.05, 3.63) is 0 Å². The van der Waals surface area contributed by atoms with Crippen LogP contribution in [0.4, 0.5) is 0 Å². The molecule has 6 saturated heterocycles. The number of aliphatic hydroxyl groups excluding tert-OH is 10. The Labute approximate surface area is 281 Å². The van der Waals surface area contributed by atoms with Gasteiger partial charge in [0.2, 0.25) is 0 Å². The van der Waals surface area contributed by atoms with Crippen molar-refractivity contribution in [2.75, 3.05) is 26.4 Å². The predicted octanol–water partition coefficient (Wildman–Crippen LogP) is -5.32. The average Bonchev–Trinajstić information content (AvgIpc) is 3.57. The molecule has 0 radical (unpaired) electrons. The first-order chi connectivity index (χ1) is 23.4. The van der Waals surface area contributed by atoms with E-state index in [1.165, 1.54) is 0 Å². The van der Waals surface area contributed by atoms with Crippen molar-refractivity contribution in [2.45, 2.75) is 161 Å². The van der Waals surface area contributed by atoms with Gasteiger partial charge < -0.3 is 93.7 Å². The molecule has 0 aromatic carbocycles. The highest BCUT2D eigenvalue weighted by Gasteiger charge is 2.61. The van der Waals surface area contributed by atoms with E-state index in [1.54, 1.807) is 0 Å². The third-order valence-electron chi connectivity index (χ3n) is 10.3. The normalized spacial score (nSPS) is 52.8.